The fraction of sp³-hybridized carbons (Fsp3) is 0.0667. The van der Waals surface area contributed by atoms with Crippen molar-refractivity contribution in [3.8, 4) is 0 Å². The fourth-order valence-electron chi connectivity index (χ4n) is 2.00. The largest absolute Gasteiger partial charge is 0.379 e. The monoisotopic (exact) mass is 331 g/mol. The van der Waals surface area contributed by atoms with Crippen molar-refractivity contribution in [3.05, 3.63) is 64.8 Å². The minimum Gasteiger partial charge on any atom is -0.379 e. The number of nitrogens with one attached hydrogen (secondary N) is 1. The van der Waals surface area contributed by atoms with E-state index in [1.54, 1.807) is 18.5 Å². The molecular weight excluding hydrogens is 321 g/mol. The first kappa shape index (κ1) is 13.0. The molecule has 0 atom stereocenters. The second-order valence-corrected chi connectivity index (χ2v) is 5.22. The maximum absolute atomic E-state index is 13.5. The lowest BCUT2D eigenvalue weighted by Crippen LogP contribution is -2.04. The summed E-state index contributed by atoms with van der Waals surface area (Å²) in [5.41, 5.74) is 2.19. The lowest BCUT2D eigenvalue weighted by atomic mass is 10.2. The van der Waals surface area contributed by atoms with Gasteiger partial charge in [-0.1, -0.05) is 15.9 Å². The van der Waals surface area contributed by atoms with Gasteiger partial charge >= 0.3 is 0 Å². The molecule has 3 nitrogen and oxygen atoms in total. The quantitative estimate of drug-likeness (QED) is 0.783. The van der Waals surface area contributed by atoms with Crippen LogP contribution in [0.2, 0.25) is 0 Å². The maximum atomic E-state index is 13.5. The van der Waals surface area contributed by atoms with Gasteiger partial charge in [-0.3, -0.25) is 9.97 Å². The van der Waals surface area contributed by atoms with E-state index < -0.39 is 0 Å². The molecule has 0 aliphatic carbocycles. The molecule has 0 amide bonds. The molecule has 2 heterocycles. The van der Waals surface area contributed by atoms with Crippen molar-refractivity contribution in [2.75, 3.05) is 5.32 Å². The Bertz CT molecular complexity index is 761. The summed E-state index contributed by atoms with van der Waals surface area (Å²) in [5.74, 6) is -0.305. The van der Waals surface area contributed by atoms with Crippen LogP contribution in [0, 0.1) is 5.82 Å². The molecule has 3 rings (SSSR count). The van der Waals surface area contributed by atoms with Crippen molar-refractivity contribution in [2.24, 2.45) is 0 Å². The first-order valence-corrected chi connectivity index (χ1v) is 6.91. The molecule has 100 valence electrons. The molecule has 5 heteroatoms. The van der Waals surface area contributed by atoms with E-state index in [9.17, 15) is 4.39 Å². The van der Waals surface area contributed by atoms with Crippen LogP contribution in [0.1, 0.15) is 5.69 Å². The number of hydrogen-bond acceptors (Lipinski definition) is 3. The lowest BCUT2D eigenvalue weighted by molar-refractivity contribution is 0.603. The first-order valence-electron chi connectivity index (χ1n) is 6.11. The van der Waals surface area contributed by atoms with Gasteiger partial charge in [-0.05, 0) is 36.4 Å². The summed E-state index contributed by atoms with van der Waals surface area (Å²) in [5, 5.41) is 4.20. The standard InChI is InChI=1S/C15H11BrFN3/c16-10-3-4-11-13(5-7-19-14(11)8-10)20-9-15-12(17)2-1-6-18-15/h1-8H,9H2,(H,19,20). The Hall–Kier alpha value is -2.01. The summed E-state index contributed by atoms with van der Waals surface area (Å²) in [7, 11) is 0. The van der Waals surface area contributed by atoms with Gasteiger partial charge in [0.1, 0.15) is 5.82 Å². The number of fused-ring (bicyclic) bond motifs is 1. The number of pyridine rings is 2. The Balaban J connectivity index is 1.90. The second-order valence-electron chi connectivity index (χ2n) is 4.31. The van der Waals surface area contributed by atoms with Crippen LogP contribution >= 0.6 is 15.9 Å². The van der Waals surface area contributed by atoms with Crippen LogP contribution in [0.15, 0.2) is 53.3 Å². The molecule has 0 aliphatic rings. The SMILES string of the molecule is Fc1cccnc1CNc1ccnc2cc(Br)ccc12. The van der Waals surface area contributed by atoms with Gasteiger partial charge in [0.05, 0.1) is 17.8 Å². The van der Waals surface area contributed by atoms with Crippen molar-refractivity contribution >= 4 is 32.5 Å². The highest BCUT2D eigenvalue weighted by Crippen LogP contribution is 2.25. The first-order chi connectivity index (χ1) is 9.74. The molecule has 0 saturated carbocycles. The van der Waals surface area contributed by atoms with Crippen LogP contribution in [-0.4, -0.2) is 9.97 Å². The van der Waals surface area contributed by atoms with Crippen LogP contribution in [0.4, 0.5) is 10.1 Å². The van der Waals surface area contributed by atoms with Gasteiger partial charge in [-0.15, -0.1) is 0 Å². The Kier molecular flexibility index (Phi) is 3.60. The molecule has 0 bridgehead atoms. The minimum atomic E-state index is -0.305. The molecule has 20 heavy (non-hydrogen) atoms. The number of rotatable bonds is 3. The Morgan fingerprint density at radius 1 is 1.10 bits per heavy atom. The van der Waals surface area contributed by atoms with E-state index in [-0.39, 0.29) is 5.82 Å². The number of hydrogen-bond donors (Lipinski definition) is 1. The van der Waals surface area contributed by atoms with E-state index in [0.717, 1.165) is 21.1 Å². The van der Waals surface area contributed by atoms with Gasteiger partial charge in [-0.25, -0.2) is 4.39 Å². The third-order valence-corrected chi connectivity index (χ3v) is 3.48. The van der Waals surface area contributed by atoms with Crippen LogP contribution in [0.25, 0.3) is 10.9 Å². The van der Waals surface area contributed by atoms with Gasteiger partial charge in [0.25, 0.3) is 0 Å². The molecule has 1 aromatic carbocycles. The molecule has 1 N–H and O–H groups in total. The summed E-state index contributed by atoms with van der Waals surface area (Å²) >= 11 is 3.42. The van der Waals surface area contributed by atoms with Gasteiger partial charge in [0.15, 0.2) is 0 Å². The predicted molar refractivity (Wildman–Crippen MR) is 81.0 cm³/mol. The van der Waals surface area contributed by atoms with Gasteiger partial charge in [0, 0.05) is 27.9 Å². The average Bonchev–Trinajstić information content (AvgIpc) is 2.46. The Morgan fingerprint density at radius 2 is 2.00 bits per heavy atom. The molecular formula is C15H11BrFN3. The van der Waals surface area contributed by atoms with E-state index in [0.29, 0.717) is 12.2 Å². The van der Waals surface area contributed by atoms with Gasteiger partial charge in [-0.2, -0.15) is 0 Å². The summed E-state index contributed by atoms with van der Waals surface area (Å²) in [4.78, 5) is 8.34. The minimum absolute atomic E-state index is 0.305. The highest BCUT2D eigenvalue weighted by Gasteiger charge is 2.05. The van der Waals surface area contributed by atoms with Gasteiger partial charge in [0.2, 0.25) is 0 Å². The van der Waals surface area contributed by atoms with E-state index >= 15 is 0 Å². The van der Waals surface area contributed by atoms with Crippen molar-refractivity contribution in [3.63, 3.8) is 0 Å². The zero-order valence-corrected chi connectivity index (χ0v) is 12.1. The maximum Gasteiger partial charge on any atom is 0.146 e. The van der Waals surface area contributed by atoms with E-state index in [1.807, 2.05) is 24.3 Å². The summed E-state index contributed by atoms with van der Waals surface area (Å²) in [6.07, 6.45) is 3.31. The van der Waals surface area contributed by atoms with Crippen LogP contribution in [0.5, 0.6) is 0 Å². The average molecular weight is 332 g/mol. The van der Waals surface area contributed by atoms with Crippen LogP contribution in [-0.2, 0) is 6.54 Å². The van der Waals surface area contributed by atoms with Crippen molar-refractivity contribution in [2.45, 2.75) is 6.54 Å². The predicted octanol–water partition coefficient (Wildman–Crippen LogP) is 4.14. The number of halogens is 2. The summed E-state index contributed by atoms with van der Waals surface area (Å²) in [6, 6.07) is 10.7. The zero-order chi connectivity index (χ0) is 13.9. The number of aromatic nitrogens is 2. The topological polar surface area (TPSA) is 37.8 Å². The molecule has 0 unspecified atom stereocenters. The van der Waals surface area contributed by atoms with Crippen LogP contribution in [0.3, 0.4) is 0 Å². The molecule has 0 saturated heterocycles. The third-order valence-electron chi connectivity index (χ3n) is 2.99. The molecule has 2 aromatic heterocycles. The Labute approximate surface area is 124 Å². The van der Waals surface area contributed by atoms with Crippen molar-refractivity contribution in [1.82, 2.24) is 9.97 Å². The highest BCUT2D eigenvalue weighted by molar-refractivity contribution is 9.10. The second kappa shape index (κ2) is 5.54. The van der Waals surface area contributed by atoms with Crippen molar-refractivity contribution in [1.29, 1.82) is 0 Å². The Morgan fingerprint density at radius 3 is 2.85 bits per heavy atom. The third kappa shape index (κ3) is 2.63. The summed E-state index contributed by atoms with van der Waals surface area (Å²) < 4.78 is 14.5. The zero-order valence-electron chi connectivity index (χ0n) is 10.5. The number of nitrogens with zero attached hydrogens (tertiary/aromatic N) is 2. The molecule has 0 fully saturated rings. The fourth-order valence-corrected chi connectivity index (χ4v) is 2.35. The number of benzene rings is 1. The van der Waals surface area contributed by atoms with E-state index in [1.165, 1.54) is 6.07 Å². The van der Waals surface area contributed by atoms with Crippen molar-refractivity contribution < 1.29 is 4.39 Å². The highest BCUT2D eigenvalue weighted by atomic mass is 79.9. The number of anilines is 1. The van der Waals surface area contributed by atoms with Gasteiger partial charge < -0.3 is 5.32 Å². The molecule has 0 spiro atoms. The normalized spacial score (nSPS) is 10.7. The molecule has 3 aromatic rings. The molecule has 0 radical (unpaired) electrons. The van der Waals surface area contributed by atoms with E-state index in [4.69, 9.17) is 0 Å². The smallest absolute Gasteiger partial charge is 0.146 e. The lowest BCUT2D eigenvalue weighted by Gasteiger charge is -2.09. The van der Waals surface area contributed by atoms with E-state index in [2.05, 4.69) is 31.2 Å². The van der Waals surface area contributed by atoms with Crippen LogP contribution < -0.4 is 5.32 Å². The summed E-state index contributed by atoms with van der Waals surface area (Å²) in [6.45, 7) is 0.335. The molecule has 0 aliphatic heterocycles.